The Hall–Kier alpha value is -2.08. The highest BCUT2D eigenvalue weighted by molar-refractivity contribution is 8.02. The number of thioether (sulfide) groups is 1. The molecule has 26 heavy (non-hydrogen) atoms. The van der Waals surface area contributed by atoms with Crippen LogP contribution in [-0.2, 0) is 4.79 Å². The zero-order chi connectivity index (χ0) is 18.1. The van der Waals surface area contributed by atoms with Gasteiger partial charge in [0.1, 0.15) is 0 Å². The van der Waals surface area contributed by atoms with Crippen LogP contribution < -0.4 is 5.32 Å². The molecule has 0 bridgehead atoms. The SMILES string of the molecule is C[C@H](Sc1nc2cc(Cl)ccc2s1)C(=O)Nc1cccc2ccccc12. The number of benzene rings is 3. The fourth-order valence-electron chi connectivity index (χ4n) is 2.70. The van der Waals surface area contributed by atoms with E-state index in [0.29, 0.717) is 5.02 Å². The Labute approximate surface area is 164 Å². The number of aromatic nitrogens is 1. The normalized spacial score (nSPS) is 12.4. The number of rotatable bonds is 4. The van der Waals surface area contributed by atoms with Crippen LogP contribution >= 0.6 is 34.7 Å². The van der Waals surface area contributed by atoms with Crippen LogP contribution in [0.25, 0.3) is 21.0 Å². The Balaban J connectivity index is 1.51. The van der Waals surface area contributed by atoms with Gasteiger partial charge in [0, 0.05) is 16.1 Å². The third-order valence-corrected chi connectivity index (χ3v) is 6.49. The van der Waals surface area contributed by atoms with E-state index in [1.54, 1.807) is 11.3 Å². The lowest BCUT2D eigenvalue weighted by atomic mass is 10.1. The van der Waals surface area contributed by atoms with Gasteiger partial charge >= 0.3 is 0 Å². The molecule has 130 valence electrons. The van der Waals surface area contributed by atoms with Gasteiger partial charge in [0.2, 0.25) is 5.91 Å². The number of amides is 1. The first-order valence-electron chi connectivity index (χ1n) is 8.11. The Kier molecular flexibility index (Phi) is 4.85. The second-order valence-corrected chi connectivity index (χ2v) is 8.92. The average molecular weight is 399 g/mol. The van der Waals surface area contributed by atoms with E-state index in [0.717, 1.165) is 31.0 Å². The summed E-state index contributed by atoms with van der Waals surface area (Å²) in [6.07, 6.45) is 0. The molecule has 0 spiro atoms. The van der Waals surface area contributed by atoms with Crippen LogP contribution in [0.15, 0.2) is 65.0 Å². The number of carbonyl (C=O) groups excluding carboxylic acids is 1. The number of halogens is 1. The van der Waals surface area contributed by atoms with E-state index in [9.17, 15) is 4.79 Å². The number of nitrogens with one attached hydrogen (secondary N) is 1. The largest absolute Gasteiger partial charge is 0.325 e. The monoisotopic (exact) mass is 398 g/mol. The van der Waals surface area contributed by atoms with E-state index in [1.807, 2.05) is 67.6 Å². The van der Waals surface area contributed by atoms with Crippen LogP contribution in [-0.4, -0.2) is 16.1 Å². The second-order valence-electron chi connectivity index (χ2n) is 5.87. The van der Waals surface area contributed by atoms with Crippen LogP contribution in [0.1, 0.15) is 6.92 Å². The summed E-state index contributed by atoms with van der Waals surface area (Å²) in [6, 6.07) is 19.6. The fourth-order valence-corrected chi connectivity index (χ4v) is 5.06. The van der Waals surface area contributed by atoms with Gasteiger partial charge in [0.25, 0.3) is 0 Å². The van der Waals surface area contributed by atoms with Crippen molar-refractivity contribution in [3.8, 4) is 0 Å². The van der Waals surface area contributed by atoms with Crippen LogP contribution in [0.5, 0.6) is 0 Å². The predicted molar refractivity (Wildman–Crippen MR) is 113 cm³/mol. The standard InChI is InChI=1S/C20H15ClN2OS2/c1-12(25-20-23-17-11-14(21)9-10-18(17)26-20)19(24)22-16-8-4-6-13-5-2-3-7-15(13)16/h2-12H,1H3,(H,22,24)/t12-/m0/s1. The van der Waals surface area contributed by atoms with Crippen molar-refractivity contribution in [1.29, 1.82) is 0 Å². The van der Waals surface area contributed by atoms with Crippen LogP contribution in [0.4, 0.5) is 5.69 Å². The summed E-state index contributed by atoms with van der Waals surface area (Å²) in [6.45, 7) is 1.89. The molecule has 1 amide bonds. The molecule has 4 aromatic rings. The second kappa shape index (κ2) is 7.27. The molecular weight excluding hydrogens is 384 g/mol. The van der Waals surface area contributed by atoms with E-state index in [2.05, 4.69) is 10.3 Å². The lowest BCUT2D eigenvalue weighted by Crippen LogP contribution is -2.22. The maximum absolute atomic E-state index is 12.7. The number of fused-ring (bicyclic) bond motifs is 2. The van der Waals surface area contributed by atoms with Crippen molar-refractivity contribution in [1.82, 2.24) is 4.98 Å². The van der Waals surface area contributed by atoms with E-state index in [1.165, 1.54) is 11.8 Å². The molecule has 0 radical (unpaired) electrons. The Morgan fingerprint density at radius 3 is 2.85 bits per heavy atom. The summed E-state index contributed by atoms with van der Waals surface area (Å²) in [5.74, 6) is -0.0383. The lowest BCUT2D eigenvalue weighted by molar-refractivity contribution is -0.115. The van der Waals surface area contributed by atoms with E-state index < -0.39 is 0 Å². The van der Waals surface area contributed by atoms with E-state index >= 15 is 0 Å². The van der Waals surface area contributed by atoms with Crippen LogP contribution in [0.2, 0.25) is 5.02 Å². The highest BCUT2D eigenvalue weighted by Crippen LogP contribution is 2.33. The van der Waals surface area contributed by atoms with Gasteiger partial charge in [-0.1, -0.05) is 59.8 Å². The maximum Gasteiger partial charge on any atom is 0.237 e. The van der Waals surface area contributed by atoms with Gasteiger partial charge in [-0.05, 0) is 36.6 Å². The smallest absolute Gasteiger partial charge is 0.237 e. The Bertz CT molecular complexity index is 1100. The lowest BCUT2D eigenvalue weighted by Gasteiger charge is -2.12. The highest BCUT2D eigenvalue weighted by atomic mass is 35.5. The molecule has 0 fully saturated rings. The van der Waals surface area contributed by atoms with Gasteiger partial charge < -0.3 is 5.32 Å². The van der Waals surface area contributed by atoms with E-state index in [4.69, 9.17) is 11.6 Å². The first-order valence-corrected chi connectivity index (χ1v) is 10.2. The summed E-state index contributed by atoms with van der Waals surface area (Å²) in [4.78, 5) is 17.2. The quantitative estimate of drug-likeness (QED) is 0.415. The molecule has 0 aliphatic rings. The third kappa shape index (κ3) is 3.56. The molecule has 1 atom stereocenters. The average Bonchev–Trinajstić information content (AvgIpc) is 3.03. The molecule has 4 rings (SSSR count). The van der Waals surface area contributed by atoms with Gasteiger partial charge in [0.05, 0.1) is 15.5 Å². The first kappa shape index (κ1) is 17.3. The zero-order valence-corrected chi connectivity index (χ0v) is 16.3. The maximum atomic E-state index is 12.7. The van der Waals surface area contributed by atoms with Crippen molar-refractivity contribution >= 4 is 67.3 Å². The van der Waals surface area contributed by atoms with Crippen molar-refractivity contribution in [2.45, 2.75) is 16.5 Å². The molecule has 1 heterocycles. The number of anilines is 1. The molecule has 0 unspecified atom stereocenters. The summed E-state index contributed by atoms with van der Waals surface area (Å²) >= 11 is 9.05. The van der Waals surface area contributed by atoms with Crippen molar-refractivity contribution < 1.29 is 4.79 Å². The molecule has 6 heteroatoms. The third-order valence-electron chi connectivity index (χ3n) is 4.02. The highest BCUT2D eigenvalue weighted by Gasteiger charge is 2.18. The fraction of sp³-hybridized carbons (Fsp3) is 0.100. The minimum Gasteiger partial charge on any atom is -0.325 e. The molecule has 1 N–H and O–H groups in total. The van der Waals surface area contributed by atoms with Gasteiger partial charge in [0.15, 0.2) is 4.34 Å². The molecular formula is C20H15ClN2OS2. The molecule has 3 nitrogen and oxygen atoms in total. The summed E-state index contributed by atoms with van der Waals surface area (Å²) in [7, 11) is 0. The first-order chi connectivity index (χ1) is 12.6. The van der Waals surface area contributed by atoms with Crippen molar-refractivity contribution in [2.24, 2.45) is 0 Å². The molecule has 0 saturated carbocycles. The van der Waals surface area contributed by atoms with Crippen LogP contribution in [0, 0.1) is 0 Å². The molecule has 0 saturated heterocycles. The van der Waals surface area contributed by atoms with Gasteiger partial charge in [-0.15, -0.1) is 11.3 Å². The van der Waals surface area contributed by atoms with Crippen molar-refractivity contribution in [3.05, 3.63) is 65.7 Å². The number of hydrogen-bond donors (Lipinski definition) is 1. The number of thiazole rings is 1. The summed E-state index contributed by atoms with van der Waals surface area (Å²) in [5, 5.41) is 5.59. The Morgan fingerprint density at radius 1 is 1.15 bits per heavy atom. The summed E-state index contributed by atoms with van der Waals surface area (Å²) in [5.41, 5.74) is 1.70. The number of hydrogen-bond acceptors (Lipinski definition) is 4. The summed E-state index contributed by atoms with van der Waals surface area (Å²) < 4.78 is 1.93. The zero-order valence-electron chi connectivity index (χ0n) is 13.9. The van der Waals surface area contributed by atoms with Gasteiger partial charge in [-0.2, -0.15) is 0 Å². The molecule has 3 aromatic carbocycles. The molecule has 1 aromatic heterocycles. The minimum absolute atomic E-state index is 0.0383. The van der Waals surface area contributed by atoms with Crippen molar-refractivity contribution in [2.75, 3.05) is 5.32 Å². The topological polar surface area (TPSA) is 42.0 Å². The Morgan fingerprint density at radius 2 is 1.96 bits per heavy atom. The van der Waals surface area contributed by atoms with Gasteiger partial charge in [-0.25, -0.2) is 4.98 Å². The molecule has 0 aliphatic carbocycles. The van der Waals surface area contributed by atoms with Crippen LogP contribution in [0.3, 0.4) is 0 Å². The predicted octanol–water partition coefficient (Wildman–Crippen LogP) is 6.22. The van der Waals surface area contributed by atoms with E-state index in [-0.39, 0.29) is 11.2 Å². The number of carbonyl (C=O) groups is 1. The van der Waals surface area contributed by atoms with Gasteiger partial charge in [-0.3, -0.25) is 4.79 Å². The van der Waals surface area contributed by atoms with Crippen molar-refractivity contribution in [3.63, 3.8) is 0 Å². The minimum atomic E-state index is -0.259. The number of nitrogens with zero attached hydrogens (tertiary/aromatic N) is 1. The molecule has 0 aliphatic heterocycles.